The molecule has 102 valence electrons. The number of benzene rings is 1. The monoisotopic (exact) mass is 290 g/mol. The van der Waals surface area contributed by atoms with E-state index in [9.17, 15) is 0 Å². The molecule has 0 bridgehead atoms. The predicted molar refractivity (Wildman–Crippen MR) is 76.8 cm³/mol. The van der Waals surface area contributed by atoms with E-state index in [4.69, 9.17) is 32.7 Å². The standard InChI is InChI=1S/C14H20Cl2O2/c1-3-6-13(15)17-11-8-5-9-12(10-11)18-14(16)7-4-2/h5,8-10,13-14H,3-4,6-7H2,1-2H3. The van der Waals surface area contributed by atoms with Gasteiger partial charge in [0.2, 0.25) is 0 Å². The number of rotatable bonds is 8. The van der Waals surface area contributed by atoms with Gasteiger partial charge in [-0.1, -0.05) is 56.0 Å². The van der Waals surface area contributed by atoms with Crippen LogP contribution in [0.3, 0.4) is 0 Å². The molecule has 0 aliphatic rings. The maximum atomic E-state index is 6.03. The number of alkyl halides is 2. The van der Waals surface area contributed by atoms with Crippen LogP contribution in [0.5, 0.6) is 11.5 Å². The Bertz CT molecular complexity index is 315. The molecule has 0 aliphatic carbocycles. The third-order valence-corrected chi connectivity index (χ3v) is 2.98. The second-order valence-electron chi connectivity index (χ2n) is 4.11. The Morgan fingerprint density at radius 1 is 0.944 bits per heavy atom. The van der Waals surface area contributed by atoms with Gasteiger partial charge in [-0.2, -0.15) is 0 Å². The van der Waals surface area contributed by atoms with E-state index < -0.39 is 0 Å². The first-order valence-corrected chi connectivity index (χ1v) is 7.24. The highest BCUT2D eigenvalue weighted by molar-refractivity contribution is 6.20. The Labute approximate surface area is 119 Å². The Balaban J connectivity index is 2.56. The van der Waals surface area contributed by atoms with Gasteiger partial charge in [0.05, 0.1) is 0 Å². The molecule has 2 unspecified atom stereocenters. The molecule has 0 saturated heterocycles. The van der Waals surface area contributed by atoms with E-state index in [-0.39, 0.29) is 11.1 Å². The van der Waals surface area contributed by atoms with Crippen LogP contribution >= 0.6 is 23.2 Å². The molecule has 2 nitrogen and oxygen atoms in total. The summed E-state index contributed by atoms with van der Waals surface area (Å²) in [5.74, 6) is 1.42. The summed E-state index contributed by atoms with van der Waals surface area (Å²) >= 11 is 12.1. The SMILES string of the molecule is CCCC(Cl)Oc1cccc(OC(Cl)CCC)c1. The normalized spacial score (nSPS) is 14.0. The molecule has 0 fully saturated rings. The first kappa shape index (κ1) is 15.5. The van der Waals surface area contributed by atoms with Gasteiger partial charge >= 0.3 is 0 Å². The Morgan fingerprint density at radius 3 is 1.78 bits per heavy atom. The highest BCUT2D eigenvalue weighted by Gasteiger charge is 2.08. The van der Waals surface area contributed by atoms with E-state index in [1.165, 1.54) is 0 Å². The number of hydrogen-bond acceptors (Lipinski definition) is 2. The third-order valence-electron chi connectivity index (χ3n) is 2.36. The van der Waals surface area contributed by atoms with Crippen molar-refractivity contribution >= 4 is 23.2 Å². The zero-order valence-electron chi connectivity index (χ0n) is 10.9. The second kappa shape index (κ2) is 8.49. The fourth-order valence-corrected chi connectivity index (χ4v) is 2.13. The molecule has 2 atom stereocenters. The molecule has 1 aromatic carbocycles. The summed E-state index contributed by atoms with van der Waals surface area (Å²) in [4.78, 5) is 0. The van der Waals surface area contributed by atoms with Crippen LogP contribution in [-0.2, 0) is 0 Å². The summed E-state index contributed by atoms with van der Waals surface area (Å²) < 4.78 is 11.2. The van der Waals surface area contributed by atoms with Gasteiger partial charge in [0.1, 0.15) is 11.5 Å². The van der Waals surface area contributed by atoms with Crippen LogP contribution < -0.4 is 9.47 Å². The number of hydrogen-bond donors (Lipinski definition) is 0. The molecule has 0 radical (unpaired) electrons. The summed E-state index contributed by atoms with van der Waals surface area (Å²) in [5.41, 5.74) is -0.597. The van der Waals surface area contributed by atoms with Crippen LogP contribution in [0, 0.1) is 0 Å². The largest absolute Gasteiger partial charge is 0.475 e. The molecular weight excluding hydrogens is 271 g/mol. The van der Waals surface area contributed by atoms with E-state index in [1.54, 1.807) is 0 Å². The summed E-state index contributed by atoms with van der Waals surface area (Å²) in [7, 11) is 0. The van der Waals surface area contributed by atoms with Crippen molar-refractivity contribution in [2.24, 2.45) is 0 Å². The smallest absolute Gasteiger partial charge is 0.172 e. The minimum Gasteiger partial charge on any atom is -0.475 e. The van der Waals surface area contributed by atoms with E-state index in [1.807, 2.05) is 24.3 Å². The highest BCUT2D eigenvalue weighted by Crippen LogP contribution is 2.24. The van der Waals surface area contributed by atoms with Crippen molar-refractivity contribution in [1.29, 1.82) is 0 Å². The van der Waals surface area contributed by atoms with E-state index in [2.05, 4.69) is 13.8 Å². The van der Waals surface area contributed by atoms with Crippen LogP contribution in [-0.4, -0.2) is 11.1 Å². The van der Waals surface area contributed by atoms with Crippen molar-refractivity contribution in [1.82, 2.24) is 0 Å². The van der Waals surface area contributed by atoms with Gasteiger partial charge in [-0.3, -0.25) is 0 Å². The molecule has 1 rings (SSSR count). The van der Waals surface area contributed by atoms with Gasteiger partial charge in [-0.25, -0.2) is 0 Å². The molecule has 0 amide bonds. The molecule has 0 aliphatic heterocycles. The minimum atomic E-state index is -0.298. The molecular formula is C14H20Cl2O2. The maximum absolute atomic E-state index is 6.03. The average molecular weight is 291 g/mol. The van der Waals surface area contributed by atoms with Crippen molar-refractivity contribution in [3.05, 3.63) is 24.3 Å². The van der Waals surface area contributed by atoms with Gasteiger partial charge in [-0.15, -0.1) is 0 Å². The molecule has 1 aromatic rings. The molecule has 0 aromatic heterocycles. The lowest BCUT2D eigenvalue weighted by Gasteiger charge is -2.15. The van der Waals surface area contributed by atoms with Crippen LogP contribution in [0.4, 0.5) is 0 Å². The lowest BCUT2D eigenvalue weighted by atomic mass is 10.3. The first-order chi connectivity index (χ1) is 8.65. The summed E-state index contributed by atoms with van der Waals surface area (Å²) in [5, 5.41) is 0. The van der Waals surface area contributed by atoms with Crippen molar-refractivity contribution in [3.63, 3.8) is 0 Å². The molecule has 4 heteroatoms. The Hall–Kier alpha value is -0.600. The molecule has 0 saturated carbocycles. The average Bonchev–Trinajstić information content (AvgIpc) is 2.29. The lowest BCUT2D eigenvalue weighted by Crippen LogP contribution is -2.09. The molecule has 0 heterocycles. The fraction of sp³-hybridized carbons (Fsp3) is 0.571. The molecule has 0 spiro atoms. The van der Waals surface area contributed by atoms with Crippen LogP contribution in [0.15, 0.2) is 24.3 Å². The Kier molecular flexibility index (Phi) is 7.29. The van der Waals surface area contributed by atoms with Gasteiger partial charge in [-0.05, 0) is 25.0 Å². The summed E-state index contributed by atoms with van der Waals surface area (Å²) in [6, 6.07) is 7.41. The lowest BCUT2D eigenvalue weighted by molar-refractivity contribution is 0.255. The van der Waals surface area contributed by atoms with Crippen LogP contribution in [0.25, 0.3) is 0 Å². The molecule has 18 heavy (non-hydrogen) atoms. The van der Waals surface area contributed by atoms with Gasteiger partial charge in [0.15, 0.2) is 11.1 Å². The number of halogens is 2. The highest BCUT2D eigenvalue weighted by atomic mass is 35.5. The fourth-order valence-electron chi connectivity index (χ4n) is 1.49. The van der Waals surface area contributed by atoms with Crippen molar-refractivity contribution in [3.8, 4) is 11.5 Å². The zero-order valence-corrected chi connectivity index (χ0v) is 12.4. The topological polar surface area (TPSA) is 18.5 Å². The number of ether oxygens (including phenoxy) is 2. The second-order valence-corrected chi connectivity index (χ2v) is 5.08. The quantitative estimate of drug-likeness (QED) is 0.615. The van der Waals surface area contributed by atoms with Gasteiger partial charge < -0.3 is 9.47 Å². The van der Waals surface area contributed by atoms with Crippen LogP contribution in [0.2, 0.25) is 0 Å². The summed E-state index contributed by atoms with van der Waals surface area (Å²) in [6.07, 6.45) is 3.62. The maximum Gasteiger partial charge on any atom is 0.172 e. The van der Waals surface area contributed by atoms with E-state index in [0.717, 1.165) is 25.7 Å². The van der Waals surface area contributed by atoms with Gasteiger partial charge in [0.25, 0.3) is 0 Å². The van der Waals surface area contributed by atoms with Crippen molar-refractivity contribution in [2.75, 3.05) is 0 Å². The van der Waals surface area contributed by atoms with E-state index in [0.29, 0.717) is 11.5 Å². The predicted octanol–water partition coefficient (Wildman–Crippen LogP) is 5.17. The van der Waals surface area contributed by atoms with Crippen molar-refractivity contribution in [2.45, 2.75) is 50.7 Å². The first-order valence-electron chi connectivity index (χ1n) is 6.37. The minimum absolute atomic E-state index is 0.298. The van der Waals surface area contributed by atoms with Crippen LogP contribution in [0.1, 0.15) is 39.5 Å². The zero-order chi connectivity index (χ0) is 13.4. The van der Waals surface area contributed by atoms with E-state index >= 15 is 0 Å². The third kappa shape index (κ3) is 5.83. The van der Waals surface area contributed by atoms with Crippen molar-refractivity contribution < 1.29 is 9.47 Å². The molecule has 0 N–H and O–H groups in total. The summed E-state index contributed by atoms with van der Waals surface area (Å²) in [6.45, 7) is 4.14. The van der Waals surface area contributed by atoms with Gasteiger partial charge in [0, 0.05) is 6.07 Å². The Morgan fingerprint density at radius 2 is 1.39 bits per heavy atom.